The average Bonchev–Trinajstić information content (AvgIpc) is 3.41. The lowest BCUT2D eigenvalue weighted by molar-refractivity contribution is 0.0180. The van der Waals surface area contributed by atoms with E-state index >= 15 is 0 Å². The third kappa shape index (κ3) is 6.66. The number of rotatable bonds is 9. The maximum Gasteiger partial charge on any atom is 0.191 e. The fraction of sp³-hybridized carbons (Fsp3) is 0.385. The molecule has 1 aliphatic heterocycles. The number of morpholine rings is 1. The number of hydrogen-bond acceptors (Lipinski definition) is 4. The number of guanidine groups is 1. The first kappa shape index (κ1) is 23.0. The summed E-state index contributed by atoms with van der Waals surface area (Å²) in [5.41, 5.74) is 3.66. The van der Waals surface area contributed by atoms with Crippen LogP contribution in [0.25, 0.3) is 5.69 Å². The summed E-state index contributed by atoms with van der Waals surface area (Å²) in [6.45, 7) is 7.90. The van der Waals surface area contributed by atoms with Crippen LogP contribution in [0, 0.1) is 0 Å². The first-order chi connectivity index (χ1) is 16.3. The second-order valence-corrected chi connectivity index (χ2v) is 8.09. The van der Waals surface area contributed by atoms with Crippen LogP contribution in [0.15, 0.2) is 78.0 Å². The number of aromatic nitrogens is 2. The summed E-state index contributed by atoms with van der Waals surface area (Å²) in [6, 6.07) is 21.4. The van der Waals surface area contributed by atoms with Crippen LogP contribution in [0.3, 0.4) is 0 Å². The van der Waals surface area contributed by atoms with Crippen molar-refractivity contribution in [2.45, 2.75) is 19.4 Å². The lowest BCUT2D eigenvalue weighted by atomic mass is 10.1. The van der Waals surface area contributed by atoms with Crippen molar-refractivity contribution in [3.63, 3.8) is 0 Å². The van der Waals surface area contributed by atoms with E-state index in [1.165, 1.54) is 11.1 Å². The van der Waals surface area contributed by atoms with Crippen LogP contribution in [0.1, 0.15) is 24.1 Å². The number of ether oxygens (including phenoxy) is 1. The van der Waals surface area contributed by atoms with Crippen LogP contribution < -0.4 is 10.6 Å². The molecule has 4 rings (SSSR count). The van der Waals surface area contributed by atoms with Gasteiger partial charge in [0.15, 0.2) is 5.96 Å². The molecule has 0 saturated carbocycles. The number of hydrogen-bond donors (Lipinski definition) is 2. The van der Waals surface area contributed by atoms with Gasteiger partial charge in [0.1, 0.15) is 0 Å². The molecule has 1 saturated heterocycles. The zero-order valence-electron chi connectivity index (χ0n) is 19.4. The number of benzene rings is 2. The van der Waals surface area contributed by atoms with Gasteiger partial charge in [-0.25, -0.2) is 4.68 Å². The lowest BCUT2D eigenvalue weighted by Crippen LogP contribution is -2.42. The van der Waals surface area contributed by atoms with Gasteiger partial charge < -0.3 is 15.4 Å². The molecule has 2 heterocycles. The highest BCUT2D eigenvalue weighted by atomic mass is 16.5. The summed E-state index contributed by atoms with van der Waals surface area (Å²) in [5.74, 6) is 0.861. The number of nitrogens with zero attached hydrogens (tertiary/aromatic N) is 4. The van der Waals surface area contributed by atoms with Crippen molar-refractivity contribution in [3.05, 3.63) is 84.2 Å². The van der Waals surface area contributed by atoms with Crippen molar-refractivity contribution in [3.8, 4) is 5.69 Å². The molecule has 0 radical (unpaired) electrons. The van der Waals surface area contributed by atoms with Gasteiger partial charge in [0.25, 0.3) is 0 Å². The van der Waals surface area contributed by atoms with E-state index in [2.05, 4.69) is 82.2 Å². The van der Waals surface area contributed by atoms with Crippen LogP contribution in [0.5, 0.6) is 0 Å². The monoisotopic (exact) mass is 446 g/mol. The van der Waals surface area contributed by atoms with E-state index in [9.17, 15) is 0 Å². The van der Waals surface area contributed by atoms with Crippen LogP contribution in [-0.4, -0.2) is 66.6 Å². The zero-order chi connectivity index (χ0) is 22.7. The highest BCUT2D eigenvalue weighted by Crippen LogP contribution is 2.22. The molecule has 1 aromatic heterocycles. The first-order valence-electron chi connectivity index (χ1n) is 11.8. The van der Waals surface area contributed by atoms with E-state index in [4.69, 9.17) is 9.73 Å². The molecule has 1 aliphatic rings. The Balaban J connectivity index is 1.35. The Morgan fingerprint density at radius 3 is 2.52 bits per heavy atom. The van der Waals surface area contributed by atoms with Crippen molar-refractivity contribution in [2.75, 3.05) is 45.9 Å². The van der Waals surface area contributed by atoms with E-state index in [1.54, 1.807) is 6.20 Å². The molecule has 1 unspecified atom stereocenters. The normalized spacial score (nSPS) is 15.8. The minimum Gasteiger partial charge on any atom is -0.379 e. The Hall–Kier alpha value is -3.16. The Labute approximate surface area is 196 Å². The third-order valence-electron chi connectivity index (χ3n) is 5.85. The molecule has 0 aliphatic carbocycles. The van der Waals surface area contributed by atoms with Crippen molar-refractivity contribution < 1.29 is 4.74 Å². The predicted octanol–water partition coefficient (Wildman–Crippen LogP) is 3.04. The molecule has 7 nitrogen and oxygen atoms in total. The van der Waals surface area contributed by atoms with Crippen LogP contribution >= 0.6 is 0 Å². The van der Waals surface area contributed by atoms with Crippen LogP contribution in [0.2, 0.25) is 0 Å². The molecule has 1 fully saturated rings. The second-order valence-electron chi connectivity index (χ2n) is 8.09. The Morgan fingerprint density at radius 1 is 1.03 bits per heavy atom. The van der Waals surface area contributed by atoms with Gasteiger partial charge in [0, 0.05) is 38.6 Å². The lowest BCUT2D eigenvalue weighted by Gasteiger charge is -2.34. The van der Waals surface area contributed by atoms with Gasteiger partial charge in [-0.1, -0.05) is 42.5 Å². The van der Waals surface area contributed by atoms with E-state index in [0.717, 1.165) is 57.5 Å². The maximum absolute atomic E-state index is 5.57. The summed E-state index contributed by atoms with van der Waals surface area (Å²) >= 11 is 0. The molecule has 7 heteroatoms. The first-order valence-corrected chi connectivity index (χ1v) is 11.8. The van der Waals surface area contributed by atoms with Gasteiger partial charge in [0.05, 0.1) is 31.5 Å². The summed E-state index contributed by atoms with van der Waals surface area (Å²) in [5, 5.41) is 11.2. The van der Waals surface area contributed by atoms with Crippen LogP contribution in [0.4, 0.5) is 0 Å². The van der Waals surface area contributed by atoms with Gasteiger partial charge in [-0.2, -0.15) is 5.10 Å². The molecule has 1 atom stereocenters. The Kier molecular flexibility index (Phi) is 8.49. The molecule has 33 heavy (non-hydrogen) atoms. The van der Waals surface area contributed by atoms with Crippen molar-refractivity contribution in [2.24, 2.45) is 4.99 Å². The second kappa shape index (κ2) is 12.2. The van der Waals surface area contributed by atoms with Gasteiger partial charge in [-0.15, -0.1) is 0 Å². The summed E-state index contributed by atoms with van der Waals surface area (Å²) in [4.78, 5) is 7.42. The molecular formula is C26H34N6O. The smallest absolute Gasteiger partial charge is 0.191 e. The average molecular weight is 447 g/mol. The minimum absolute atomic E-state index is 0.250. The summed E-state index contributed by atoms with van der Waals surface area (Å²) in [6.07, 6.45) is 4.67. The van der Waals surface area contributed by atoms with Gasteiger partial charge in [-0.3, -0.25) is 9.89 Å². The fourth-order valence-electron chi connectivity index (χ4n) is 4.08. The van der Waals surface area contributed by atoms with Crippen molar-refractivity contribution in [1.82, 2.24) is 25.3 Å². The topological polar surface area (TPSA) is 66.7 Å². The van der Waals surface area contributed by atoms with Gasteiger partial charge in [-0.05, 0) is 42.7 Å². The molecule has 2 N–H and O–H groups in total. The molecule has 0 amide bonds. The van der Waals surface area contributed by atoms with Crippen LogP contribution in [-0.2, 0) is 11.2 Å². The third-order valence-corrected chi connectivity index (χ3v) is 5.85. The number of aliphatic imine (C=N–C) groups is 1. The minimum atomic E-state index is 0.250. The summed E-state index contributed by atoms with van der Waals surface area (Å²) < 4.78 is 7.44. The predicted molar refractivity (Wildman–Crippen MR) is 133 cm³/mol. The highest BCUT2D eigenvalue weighted by Gasteiger charge is 2.22. The van der Waals surface area contributed by atoms with E-state index in [-0.39, 0.29) is 6.04 Å². The molecule has 174 valence electrons. The Bertz CT molecular complexity index is 966. The molecule has 0 bridgehead atoms. The SMILES string of the molecule is CCNC(=NCC(c1ccccc1)N1CCOCC1)NCCc1ccc(-n2cccn2)cc1. The fourth-order valence-corrected chi connectivity index (χ4v) is 4.08. The molecular weight excluding hydrogens is 412 g/mol. The molecule has 2 aromatic carbocycles. The highest BCUT2D eigenvalue weighted by molar-refractivity contribution is 5.79. The van der Waals surface area contributed by atoms with E-state index in [0.29, 0.717) is 6.54 Å². The van der Waals surface area contributed by atoms with E-state index in [1.807, 2.05) is 16.9 Å². The number of nitrogens with one attached hydrogen (secondary N) is 2. The Morgan fingerprint density at radius 2 is 1.82 bits per heavy atom. The largest absolute Gasteiger partial charge is 0.379 e. The van der Waals surface area contributed by atoms with Gasteiger partial charge in [0.2, 0.25) is 0 Å². The van der Waals surface area contributed by atoms with Crippen molar-refractivity contribution >= 4 is 5.96 Å². The summed E-state index contributed by atoms with van der Waals surface area (Å²) in [7, 11) is 0. The zero-order valence-corrected chi connectivity index (χ0v) is 19.4. The van der Waals surface area contributed by atoms with E-state index < -0.39 is 0 Å². The quantitative estimate of drug-likeness (QED) is 0.391. The molecule has 3 aromatic rings. The maximum atomic E-state index is 5.57. The standard InChI is InChI=1S/C26H34N6O/c1-2-27-26(28-15-13-22-9-11-24(12-10-22)32-16-6-14-30-32)29-21-25(23-7-4-3-5-8-23)31-17-19-33-20-18-31/h3-12,14,16,25H,2,13,15,17-21H2,1H3,(H2,27,28,29). The molecule has 0 spiro atoms. The van der Waals surface area contributed by atoms with Gasteiger partial charge >= 0.3 is 0 Å². The van der Waals surface area contributed by atoms with Crippen molar-refractivity contribution in [1.29, 1.82) is 0 Å².